The van der Waals surface area contributed by atoms with Crippen LogP contribution in [0, 0.1) is 0 Å². The molecule has 8 heteroatoms. The van der Waals surface area contributed by atoms with Crippen molar-refractivity contribution in [1.29, 1.82) is 0 Å². The van der Waals surface area contributed by atoms with Crippen LogP contribution in [0.25, 0.3) is 0 Å². The second-order valence-electron chi connectivity index (χ2n) is 6.54. The third-order valence-electron chi connectivity index (χ3n) is 4.80. The van der Waals surface area contributed by atoms with Gasteiger partial charge in [-0.05, 0) is 0 Å². The molecule has 1 aliphatic heterocycles. The Kier molecular flexibility index (Phi) is 7.13. The van der Waals surface area contributed by atoms with Crippen molar-refractivity contribution in [2.24, 2.45) is 0 Å². The van der Waals surface area contributed by atoms with Gasteiger partial charge in [0.05, 0.1) is 34.5 Å². The van der Waals surface area contributed by atoms with Crippen LogP contribution in [-0.2, 0) is 14.3 Å². The Hall–Kier alpha value is -3.26. The largest absolute Gasteiger partial charge is 0.496 e. The molecular weight excluding hydrogens is 390 g/mol. The van der Waals surface area contributed by atoms with Crippen molar-refractivity contribution in [2.75, 3.05) is 47.6 Å². The fourth-order valence-corrected chi connectivity index (χ4v) is 3.20. The van der Waals surface area contributed by atoms with Crippen LogP contribution >= 0.6 is 0 Å². The van der Waals surface area contributed by atoms with E-state index in [-0.39, 0.29) is 17.2 Å². The van der Waals surface area contributed by atoms with Gasteiger partial charge >= 0.3 is 5.97 Å². The Morgan fingerprint density at radius 1 is 0.900 bits per heavy atom. The summed E-state index contributed by atoms with van der Waals surface area (Å²) in [7, 11) is 4.39. The average Bonchev–Trinajstić information content (AvgIpc) is 2.82. The zero-order chi connectivity index (χ0) is 21.5. The first-order valence-electron chi connectivity index (χ1n) is 9.51. The minimum absolute atomic E-state index is 0.130. The molecule has 0 aromatic heterocycles. The summed E-state index contributed by atoms with van der Waals surface area (Å²) in [6.07, 6.45) is -1.09. The molecule has 8 nitrogen and oxygen atoms in total. The highest BCUT2D eigenvalue weighted by molar-refractivity contribution is 5.96. The molecule has 1 atom stereocenters. The Morgan fingerprint density at radius 3 is 2.10 bits per heavy atom. The lowest BCUT2D eigenvalue weighted by molar-refractivity contribution is -0.145. The predicted molar refractivity (Wildman–Crippen MR) is 108 cm³/mol. The first kappa shape index (κ1) is 21.4. The molecule has 30 heavy (non-hydrogen) atoms. The summed E-state index contributed by atoms with van der Waals surface area (Å²) in [5.74, 6) is 0.0137. The molecule has 1 fully saturated rings. The number of nitrogens with zero attached hydrogens (tertiary/aromatic N) is 1. The standard InChI is InChI=1S/C22H25NO7/c1-26-17-14-19(28-3)18(27-2)13-16(17)22(25)30-20(15-7-5-4-6-8-15)21(24)23-9-11-29-12-10-23/h4-8,13-14,20H,9-12H2,1-3H3/t20-/m0/s1. The summed E-state index contributed by atoms with van der Waals surface area (Å²) >= 11 is 0. The summed E-state index contributed by atoms with van der Waals surface area (Å²) in [6.45, 7) is 1.79. The number of carbonyl (C=O) groups excluding carboxylic acids is 2. The second kappa shape index (κ2) is 9.98. The molecule has 0 unspecified atom stereocenters. The maximum absolute atomic E-state index is 13.2. The molecular formula is C22H25NO7. The molecule has 0 spiro atoms. The van der Waals surface area contributed by atoms with Crippen LogP contribution in [0.5, 0.6) is 17.2 Å². The van der Waals surface area contributed by atoms with Crippen molar-refractivity contribution in [3.8, 4) is 17.2 Å². The van der Waals surface area contributed by atoms with Crippen molar-refractivity contribution >= 4 is 11.9 Å². The predicted octanol–water partition coefficient (Wildman–Crippen LogP) is 2.47. The van der Waals surface area contributed by atoms with Crippen LogP contribution in [0.3, 0.4) is 0 Å². The molecule has 2 aromatic rings. The third-order valence-corrected chi connectivity index (χ3v) is 4.80. The first-order chi connectivity index (χ1) is 14.6. The van der Waals surface area contributed by atoms with Gasteiger partial charge in [-0.15, -0.1) is 0 Å². The van der Waals surface area contributed by atoms with Gasteiger partial charge in [-0.25, -0.2) is 4.79 Å². The summed E-state index contributed by atoms with van der Waals surface area (Å²) in [4.78, 5) is 27.9. The number of morpholine rings is 1. The van der Waals surface area contributed by atoms with Crippen LogP contribution in [0.1, 0.15) is 22.0 Å². The van der Waals surface area contributed by atoms with E-state index in [9.17, 15) is 9.59 Å². The number of hydrogen-bond acceptors (Lipinski definition) is 7. The van der Waals surface area contributed by atoms with Crippen LogP contribution in [-0.4, -0.2) is 64.4 Å². The molecule has 1 heterocycles. The second-order valence-corrected chi connectivity index (χ2v) is 6.54. The van der Waals surface area contributed by atoms with Crippen molar-refractivity contribution in [1.82, 2.24) is 4.90 Å². The van der Waals surface area contributed by atoms with E-state index in [2.05, 4.69) is 0 Å². The normalized spacial score (nSPS) is 14.6. The molecule has 0 N–H and O–H groups in total. The van der Waals surface area contributed by atoms with E-state index in [0.717, 1.165) is 0 Å². The Labute approximate surface area is 175 Å². The van der Waals surface area contributed by atoms with Crippen LogP contribution in [0.15, 0.2) is 42.5 Å². The topological polar surface area (TPSA) is 83.5 Å². The van der Waals surface area contributed by atoms with E-state index in [1.165, 1.54) is 33.5 Å². The van der Waals surface area contributed by atoms with E-state index < -0.39 is 12.1 Å². The molecule has 0 bridgehead atoms. The van der Waals surface area contributed by atoms with E-state index in [4.69, 9.17) is 23.7 Å². The van der Waals surface area contributed by atoms with Crippen molar-refractivity contribution in [3.05, 3.63) is 53.6 Å². The highest BCUT2D eigenvalue weighted by Gasteiger charge is 2.32. The number of ether oxygens (including phenoxy) is 5. The SMILES string of the molecule is COc1cc(OC)c(C(=O)O[C@H](C(=O)N2CCOCC2)c2ccccc2)cc1OC. The number of amides is 1. The highest BCUT2D eigenvalue weighted by atomic mass is 16.6. The molecule has 2 aromatic carbocycles. The summed E-state index contributed by atoms with van der Waals surface area (Å²) in [5.41, 5.74) is 0.715. The van der Waals surface area contributed by atoms with Gasteiger partial charge < -0.3 is 28.6 Å². The van der Waals surface area contributed by atoms with Gasteiger partial charge in [-0.1, -0.05) is 30.3 Å². The van der Waals surface area contributed by atoms with Crippen LogP contribution in [0.2, 0.25) is 0 Å². The minimum Gasteiger partial charge on any atom is -0.496 e. The lowest BCUT2D eigenvalue weighted by Gasteiger charge is -2.30. The van der Waals surface area contributed by atoms with Crippen molar-refractivity contribution in [3.63, 3.8) is 0 Å². The van der Waals surface area contributed by atoms with Crippen molar-refractivity contribution in [2.45, 2.75) is 6.10 Å². The Morgan fingerprint density at radius 2 is 1.50 bits per heavy atom. The third kappa shape index (κ3) is 4.65. The molecule has 3 rings (SSSR count). The lowest BCUT2D eigenvalue weighted by atomic mass is 10.1. The average molecular weight is 415 g/mol. The zero-order valence-electron chi connectivity index (χ0n) is 17.3. The maximum atomic E-state index is 13.2. The molecule has 1 saturated heterocycles. The van der Waals surface area contributed by atoms with E-state index in [1.807, 2.05) is 6.07 Å². The molecule has 1 aliphatic rings. The number of carbonyl (C=O) groups is 2. The van der Waals surface area contributed by atoms with E-state index >= 15 is 0 Å². The zero-order valence-corrected chi connectivity index (χ0v) is 17.3. The number of rotatable bonds is 7. The summed E-state index contributed by atoms with van der Waals surface area (Å²) < 4.78 is 26.9. The smallest absolute Gasteiger partial charge is 0.343 e. The van der Waals surface area contributed by atoms with E-state index in [0.29, 0.717) is 43.4 Å². The molecule has 160 valence electrons. The quantitative estimate of drug-likeness (QED) is 0.643. The molecule has 0 radical (unpaired) electrons. The van der Waals surface area contributed by atoms with E-state index in [1.54, 1.807) is 29.2 Å². The number of benzene rings is 2. The van der Waals surface area contributed by atoms with Gasteiger partial charge in [0.1, 0.15) is 11.3 Å². The number of methoxy groups -OCH3 is 3. The number of hydrogen-bond donors (Lipinski definition) is 0. The van der Waals surface area contributed by atoms with Gasteiger partial charge in [0.15, 0.2) is 11.5 Å². The van der Waals surface area contributed by atoms with Gasteiger partial charge in [0, 0.05) is 30.8 Å². The Balaban J connectivity index is 1.92. The maximum Gasteiger partial charge on any atom is 0.343 e. The molecule has 1 amide bonds. The highest BCUT2D eigenvalue weighted by Crippen LogP contribution is 2.36. The van der Waals surface area contributed by atoms with Gasteiger partial charge in [-0.2, -0.15) is 0 Å². The summed E-state index contributed by atoms with van der Waals surface area (Å²) in [5, 5.41) is 0. The van der Waals surface area contributed by atoms with Crippen LogP contribution < -0.4 is 14.2 Å². The fraction of sp³-hybridized carbons (Fsp3) is 0.364. The molecule has 0 aliphatic carbocycles. The minimum atomic E-state index is -1.09. The lowest BCUT2D eigenvalue weighted by Crippen LogP contribution is -2.44. The van der Waals surface area contributed by atoms with Gasteiger partial charge in [-0.3, -0.25) is 4.79 Å². The first-order valence-corrected chi connectivity index (χ1v) is 9.51. The number of esters is 1. The van der Waals surface area contributed by atoms with Gasteiger partial charge in [0.25, 0.3) is 5.91 Å². The molecule has 0 saturated carbocycles. The monoisotopic (exact) mass is 415 g/mol. The Bertz CT molecular complexity index is 879. The van der Waals surface area contributed by atoms with Crippen molar-refractivity contribution < 1.29 is 33.3 Å². The fourth-order valence-electron chi connectivity index (χ4n) is 3.20. The van der Waals surface area contributed by atoms with Crippen LogP contribution in [0.4, 0.5) is 0 Å². The van der Waals surface area contributed by atoms with Gasteiger partial charge in [0.2, 0.25) is 6.10 Å². The summed E-state index contributed by atoms with van der Waals surface area (Å²) in [6, 6.07) is 11.9.